The number of amides is 2. The summed E-state index contributed by atoms with van der Waals surface area (Å²) in [6, 6.07) is 15.6. The summed E-state index contributed by atoms with van der Waals surface area (Å²) in [5.41, 5.74) is 2.08. The van der Waals surface area contributed by atoms with Gasteiger partial charge in [-0.15, -0.1) is 11.8 Å². The van der Waals surface area contributed by atoms with Gasteiger partial charge in [0.2, 0.25) is 5.91 Å². The van der Waals surface area contributed by atoms with Gasteiger partial charge in [0.15, 0.2) is 0 Å². The molecule has 0 unspecified atom stereocenters. The molecule has 154 valence electrons. The van der Waals surface area contributed by atoms with E-state index in [0.29, 0.717) is 17.0 Å². The fourth-order valence-corrected chi connectivity index (χ4v) is 4.28. The molecule has 2 aromatic rings. The number of hydrogen-bond donors (Lipinski definition) is 2. The Morgan fingerprint density at radius 3 is 2.45 bits per heavy atom. The summed E-state index contributed by atoms with van der Waals surface area (Å²) in [7, 11) is 3.84. The molecule has 0 radical (unpaired) electrons. The minimum Gasteiger partial charge on any atom is -0.377 e. The molecule has 0 aliphatic heterocycles. The molecule has 5 nitrogen and oxygen atoms in total. The molecule has 29 heavy (non-hydrogen) atoms. The fraction of sp³-hybridized carbons (Fsp3) is 0.391. The molecule has 3 rings (SSSR count). The Hall–Kier alpha value is -2.47. The van der Waals surface area contributed by atoms with E-state index in [-0.39, 0.29) is 17.9 Å². The highest BCUT2D eigenvalue weighted by atomic mass is 32.2. The predicted octanol–water partition coefficient (Wildman–Crippen LogP) is 4.55. The molecule has 0 spiro atoms. The second-order valence-electron chi connectivity index (χ2n) is 7.58. The molecular weight excluding hydrogens is 382 g/mol. The van der Waals surface area contributed by atoms with Crippen LogP contribution < -0.4 is 15.5 Å². The standard InChI is InChI=1S/C23H29N3O2S/c1-26(2)21-14-13-18(24-22(27)16-29-19-11-7-4-8-12-19)15-20(21)23(28)25-17-9-5-3-6-10-17/h4,7-8,11-15,17H,3,5-6,9-10,16H2,1-2H3,(H,24,27)(H,25,28). The number of anilines is 2. The first kappa shape index (κ1) is 21.2. The fourth-order valence-electron chi connectivity index (χ4n) is 3.56. The number of benzene rings is 2. The van der Waals surface area contributed by atoms with Crippen molar-refractivity contribution >= 4 is 35.0 Å². The highest BCUT2D eigenvalue weighted by Crippen LogP contribution is 2.25. The van der Waals surface area contributed by atoms with Gasteiger partial charge in [-0.05, 0) is 43.2 Å². The predicted molar refractivity (Wildman–Crippen MR) is 121 cm³/mol. The van der Waals surface area contributed by atoms with E-state index in [2.05, 4.69) is 10.6 Å². The lowest BCUT2D eigenvalue weighted by Gasteiger charge is -2.24. The van der Waals surface area contributed by atoms with Crippen molar-refractivity contribution in [1.29, 1.82) is 0 Å². The zero-order chi connectivity index (χ0) is 20.6. The maximum Gasteiger partial charge on any atom is 0.253 e. The van der Waals surface area contributed by atoms with E-state index in [1.54, 1.807) is 6.07 Å². The van der Waals surface area contributed by atoms with E-state index in [1.807, 2.05) is 61.5 Å². The van der Waals surface area contributed by atoms with Crippen LogP contribution in [0.5, 0.6) is 0 Å². The molecule has 1 aliphatic carbocycles. The smallest absolute Gasteiger partial charge is 0.253 e. The molecule has 0 heterocycles. The summed E-state index contributed by atoms with van der Waals surface area (Å²) in [4.78, 5) is 28.3. The van der Waals surface area contributed by atoms with Crippen molar-refractivity contribution in [2.24, 2.45) is 0 Å². The van der Waals surface area contributed by atoms with Crippen molar-refractivity contribution < 1.29 is 9.59 Å². The number of rotatable bonds is 7. The van der Waals surface area contributed by atoms with Crippen LogP contribution in [0.4, 0.5) is 11.4 Å². The third-order valence-corrected chi connectivity index (χ3v) is 6.07. The van der Waals surface area contributed by atoms with E-state index >= 15 is 0 Å². The van der Waals surface area contributed by atoms with Gasteiger partial charge in [0.1, 0.15) is 0 Å². The lowest BCUT2D eigenvalue weighted by atomic mass is 9.95. The van der Waals surface area contributed by atoms with Crippen LogP contribution in [-0.4, -0.2) is 37.7 Å². The number of carbonyl (C=O) groups is 2. The van der Waals surface area contributed by atoms with E-state index in [1.165, 1.54) is 31.0 Å². The molecule has 0 bridgehead atoms. The maximum atomic E-state index is 12.9. The first-order valence-corrected chi connectivity index (χ1v) is 11.1. The van der Waals surface area contributed by atoms with Gasteiger partial charge in [0.25, 0.3) is 5.91 Å². The van der Waals surface area contributed by atoms with Crippen molar-refractivity contribution in [2.75, 3.05) is 30.1 Å². The van der Waals surface area contributed by atoms with Gasteiger partial charge < -0.3 is 15.5 Å². The molecule has 1 fully saturated rings. The largest absolute Gasteiger partial charge is 0.377 e. The second kappa shape index (κ2) is 10.3. The molecule has 2 aromatic carbocycles. The summed E-state index contributed by atoms with van der Waals surface area (Å²) in [6.07, 6.45) is 5.66. The average Bonchev–Trinajstić information content (AvgIpc) is 2.73. The zero-order valence-electron chi connectivity index (χ0n) is 17.1. The van der Waals surface area contributed by atoms with Crippen molar-refractivity contribution in [3.63, 3.8) is 0 Å². The van der Waals surface area contributed by atoms with Crippen LogP contribution in [0.3, 0.4) is 0 Å². The summed E-state index contributed by atoms with van der Waals surface area (Å²) in [5.74, 6) is 0.161. The third kappa shape index (κ3) is 6.26. The van der Waals surface area contributed by atoms with Crippen LogP contribution >= 0.6 is 11.8 Å². The average molecular weight is 412 g/mol. The van der Waals surface area contributed by atoms with E-state index in [9.17, 15) is 9.59 Å². The van der Waals surface area contributed by atoms with Crippen molar-refractivity contribution in [3.05, 3.63) is 54.1 Å². The Kier molecular flexibility index (Phi) is 7.58. The second-order valence-corrected chi connectivity index (χ2v) is 8.63. The highest BCUT2D eigenvalue weighted by molar-refractivity contribution is 8.00. The van der Waals surface area contributed by atoms with Gasteiger partial charge in [-0.1, -0.05) is 37.5 Å². The number of nitrogens with one attached hydrogen (secondary N) is 2. The Labute approximate surface area is 177 Å². The van der Waals surface area contributed by atoms with Gasteiger partial charge in [-0.2, -0.15) is 0 Å². The molecule has 6 heteroatoms. The topological polar surface area (TPSA) is 61.4 Å². The Balaban J connectivity index is 1.66. The summed E-state index contributed by atoms with van der Waals surface area (Å²) >= 11 is 1.49. The van der Waals surface area contributed by atoms with Crippen molar-refractivity contribution in [1.82, 2.24) is 5.32 Å². The Bertz CT molecular complexity index is 833. The SMILES string of the molecule is CN(C)c1ccc(NC(=O)CSc2ccccc2)cc1C(=O)NC1CCCCC1. The van der Waals surface area contributed by atoms with Gasteiger partial charge in [-0.3, -0.25) is 9.59 Å². The van der Waals surface area contributed by atoms with Crippen LogP contribution in [0.1, 0.15) is 42.5 Å². The summed E-state index contributed by atoms with van der Waals surface area (Å²) < 4.78 is 0. The van der Waals surface area contributed by atoms with Gasteiger partial charge in [0.05, 0.1) is 11.3 Å². The maximum absolute atomic E-state index is 12.9. The van der Waals surface area contributed by atoms with Gasteiger partial charge >= 0.3 is 0 Å². The first-order chi connectivity index (χ1) is 14.0. The Morgan fingerprint density at radius 2 is 1.76 bits per heavy atom. The van der Waals surface area contributed by atoms with Crippen LogP contribution in [-0.2, 0) is 4.79 Å². The van der Waals surface area contributed by atoms with Crippen molar-refractivity contribution in [2.45, 2.75) is 43.0 Å². The summed E-state index contributed by atoms with van der Waals surface area (Å²) in [5, 5.41) is 6.09. The molecule has 0 aromatic heterocycles. The molecule has 1 aliphatic rings. The number of nitrogens with zero attached hydrogens (tertiary/aromatic N) is 1. The molecule has 2 N–H and O–H groups in total. The van der Waals surface area contributed by atoms with Crippen LogP contribution in [0.15, 0.2) is 53.4 Å². The minimum atomic E-state index is -0.0879. The normalized spacial score (nSPS) is 14.3. The molecule has 0 saturated heterocycles. The van der Waals surface area contributed by atoms with E-state index in [0.717, 1.165) is 23.4 Å². The Morgan fingerprint density at radius 1 is 1.03 bits per heavy atom. The van der Waals surface area contributed by atoms with Gasteiger partial charge in [-0.25, -0.2) is 0 Å². The zero-order valence-corrected chi connectivity index (χ0v) is 17.9. The summed E-state index contributed by atoms with van der Waals surface area (Å²) in [6.45, 7) is 0. The van der Waals surface area contributed by atoms with Gasteiger partial charge in [0, 0.05) is 36.4 Å². The molecule has 2 amide bonds. The molecular formula is C23H29N3O2S. The van der Waals surface area contributed by atoms with Crippen LogP contribution in [0.25, 0.3) is 0 Å². The van der Waals surface area contributed by atoms with Crippen molar-refractivity contribution in [3.8, 4) is 0 Å². The minimum absolute atomic E-state index is 0.0737. The monoisotopic (exact) mass is 411 g/mol. The first-order valence-electron chi connectivity index (χ1n) is 10.1. The molecule has 0 atom stereocenters. The third-order valence-electron chi connectivity index (χ3n) is 5.06. The van der Waals surface area contributed by atoms with Crippen LogP contribution in [0, 0.1) is 0 Å². The van der Waals surface area contributed by atoms with E-state index in [4.69, 9.17) is 0 Å². The van der Waals surface area contributed by atoms with E-state index < -0.39 is 0 Å². The quantitative estimate of drug-likeness (QED) is 0.657. The lowest BCUT2D eigenvalue weighted by molar-refractivity contribution is -0.113. The number of carbonyl (C=O) groups excluding carboxylic acids is 2. The number of thioether (sulfide) groups is 1. The highest BCUT2D eigenvalue weighted by Gasteiger charge is 2.20. The lowest BCUT2D eigenvalue weighted by Crippen LogP contribution is -2.36. The number of hydrogen-bond acceptors (Lipinski definition) is 4. The van der Waals surface area contributed by atoms with Crippen LogP contribution in [0.2, 0.25) is 0 Å². The molecule has 1 saturated carbocycles.